The number of aliphatic hydroxyl groups excluding tert-OH is 1. The van der Waals surface area contributed by atoms with E-state index in [0.29, 0.717) is 24.0 Å². The lowest BCUT2D eigenvalue weighted by molar-refractivity contribution is 0.188. The van der Waals surface area contributed by atoms with Crippen molar-refractivity contribution in [3.63, 3.8) is 0 Å². The Morgan fingerprint density at radius 2 is 1.88 bits per heavy atom. The molecule has 4 atom stereocenters. The van der Waals surface area contributed by atoms with Crippen LogP contribution >= 0.6 is 0 Å². The fraction of sp³-hybridized carbons (Fsp3) is 1.00. The molecule has 17 heavy (non-hydrogen) atoms. The quantitative estimate of drug-likeness (QED) is 0.790. The standard InChI is InChI=1S/C15H29NO/c1-11-7-15(2,3)8-14(11)16-9-12-5-4-6-13(12)10-17/h11-14,16-17H,4-10H2,1-3H3. The molecule has 2 N–H and O–H groups in total. The number of hydrogen-bond acceptors (Lipinski definition) is 2. The minimum absolute atomic E-state index is 0.387. The highest BCUT2D eigenvalue weighted by atomic mass is 16.3. The van der Waals surface area contributed by atoms with Crippen LogP contribution in [0.2, 0.25) is 0 Å². The zero-order valence-corrected chi connectivity index (χ0v) is 11.7. The number of rotatable bonds is 4. The fourth-order valence-electron chi connectivity index (χ4n) is 4.09. The van der Waals surface area contributed by atoms with Crippen molar-refractivity contribution in [2.24, 2.45) is 23.2 Å². The Morgan fingerprint density at radius 1 is 1.18 bits per heavy atom. The van der Waals surface area contributed by atoms with Crippen molar-refractivity contribution in [3.8, 4) is 0 Å². The van der Waals surface area contributed by atoms with Gasteiger partial charge in [0, 0.05) is 12.6 Å². The highest BCUT2D eigenvalue weighted by Crippen LogP contribution is 2.41. The van der Waals surface area contributed by atoms with Gasteiger partial charge in [-0.15, -0.1) is 0 Å². The number of aliphatic hydroxyl groups is 1. The van der Waals surface area contributed by atoms with Crippen LogP contribution in [0.3, 0.4) is 0 Å². The Balaban J connectivity index is 1.78. The van der Waals surface area contributed by atoms with Gasteiger partial charge in [-0.2, -0.15) is 0 Å². The van der Waals surface area contributed by atoms with Gasteiger partial charge in [-0.1, -0.05) is 27.2 Å². The second kappa shape index (κ2) is 5.27. The van der Waals surface area contributed by atoms with Crippen LogP contribution in [-0.2, 0) is 0 Å². The van der Waals surface area contributed by atoms with E-state index in [9.17, 15) is 5.11 Å². The van der Waals surface area contributed by atoms with Crippen molar-refractivity contribution >= 4 is 0 Å². The molecule has 0 bridgehead atoms. The van der Waals surface area contributed by atoms with Gasteiger partial charge in [0.1, 0.15) is 0 Å². The molecule has 100 valence electrons. The monoisotopic (exact) mass is 239 g/mol. The van der Waals surface area contributed by atoms with Crippen molar-refractivity contribution in [1.82, 2.24) is 5.32 Å². The van der Waals surface area contributed by atoms with E-state index in [0.717, 1.165) is 18.4 Å². The second-order valence-corrected chi connectivity index (χ2v) is 7.20. The van der Waals surface area contributed by atoms with Crippen molar-refractivity contribution in [1.29, 1.82) is 0 Å². The Kier molecular flexibility index (Phi) is 4.14. The molecule has 0 spiro atoms. The fourth-order valence-corrected chi connectivity index (χ4v) is 4.09. The predicted molar refractivity (Wildman–Crippen MR) is 71.9 cm³/mol. The van der Waals surface area contributed by atoms with Gasteiger partial charge in [-0.25, -0.2) is 0 Å². The van der Waals surface area contributed by atoms with Gasteiger partial charge in [0.05, 0.1) is 0 Å². The first kappa shape index (κ1) is 13.4. The summed E-state index contributed by atoms with van der Waals surface area (Å²) in [4.78, 5) is 0. The molecule has 2 rings (SSSR count). The maximum atomic E-state index is 9.34. The lowest BCUT2D eigenvalue weighted by Crippen LogP contribution is -2.36. The Morgan fingerprint density at radius 3 is 2.47 bits per heavy atom. The van der Waals surface area contributed by atoms with E-state index in [2.05, 4.69) is 26.1 Å². The van der Waals surface area contributed by atoms with Gasteiger partial charge in [0.2, 0.25) is 0 Å². The maximum absolute atomic E-state index is 9.34. The topological polar surface area (TPSA) is 32.3 Å². The molecule has 0 aromatic rings. The zero-order valence-electron chi connectivity index (χ0n) is 11.7. The average molecular weight is 239 g/mol. The van der Waals surface area contributed by atoms with E-state index >= 15 is 0 Å². The van der Waals surface area contributed by atoms with Gasteiger partial charge in [-0.3, -0.25) is 0 Å². The lowest BCUT2D eigenvalue weighted by Gasteiger charge is -2.23. The third-order valence-corrected chi connectivity index (χ3v) is 5.03. The summed E-state index contributed by atoms with van der Waals surface area (Å²) in [6.45, 7) is 8.66. The van der Waals surface area contributed by atoms with Crippen LogP contribution in [0.5, 0.6) is 0 Å². The summed E-state index contributed by atoms with van der Waals surface area (Å²) in [5, 5.41) is 13.1. The van der Waals surface area contributed by atoms with Crippen LogP contribution in [0.15, 0.2) is 0 Å². The van der Waals surface area contributed by atoms with E-state index in [-0.39, 0.29) is 0 Å². The number of nitrogens with one attached hydrogen (secondary N) is 1. The van der Waals surface area contributed by atoms with E-state index in [1.165, 1.54) is 32.1 Å². The van der Waals surface area contributed by atoms with Crippen LogP contribution < -0.4 is 5.32 Å². The van der Waals surface area contributed by atoms with Gasteiger partial charge in [0.25, 0.3) is 0 Å². The first-order valence-electron chi connectivity index (χ1n) is 7.36. The van der Waals surface area contributed by atoms with Gasteiger partial charge < -0.3 is 10.4 Å². The third-order valence-electron chi connectivity index (χ3n) is 5.03. The molecule has 2 saturated carbocycles. The van der Waals surface area contributed by atoms with Crippen LogP contribution in [0.25, 0.3) is 0 Å². The molecule has 2 fully saturated rings. The normalized spacial score (nSPS) is 40.9. The van der Waals surface area contributed by atoms with Crippen LogP contribution in [0.1, 0.15) is 52.9 Å². The predicted octanol–water partition coefficient (Wildman–Crippen LogP) is 2.81. The third kappa shape index (κ3) is 3.23. The van der Waals surface area contributed by atoms with Gasteiger partial charge in [-0.05, 0) is 55.4 Å². The summed E-state index contributed by atoms with van der Waals surface area (Å²) in [5.41, 5.74) is 0.517. The molecule has 2 aliphatic carbocycles. The minimum atomic E-state index is 0.387. The van der Waals surface area contributed by atoms with Gasteiger partial charge in [0.15, 0.2) is 0 Å². The van der Waals surface area contributed by atoms with E-state index in [1.54, 1.807) is 0 Å². The highest BCUT2D eigenvalue weighted by Gasteiger charge is 2.37. The molecule has 0 aliphatic heterocycles. The summed E-state index contributed by atoms with van der Waals surface area (Å²) in [6, 6.07) is 0.699. The summed E-state index contributed by atoms with van der Waals surface area (Å²) in [6.07, 6.45) is 6.50. The average Bonchev–Trinajstić information content (AvgIpc) is 2.79. The largest absolute Gasteiger partial charge is 0.396 e. The smallest absolute Gasteiger partial charge is 0.0462 e. The highest BCUT2D eigenvalue weighted by molar-refractivity contribution is 4.92. The molecular formula is C15H29NO. The summed E-state index contributed by atoms with van der Waals surface area (Å²) < 4.78 is 0. The SMILES string of the molecule is CC1CC(C)(C)CC1NCC1CCCC1CO. The molecule has 0 heterocycles. The molecule has 0 saturated heterocycles. The second-order valence-electron chi connectivity index (χ2n) is 7.20. The van der Waals surface area contributed by atoms with Crippen molar-refractivity contribution in [3.05, 3.63) is 0 Å². The zero-order chi connectivity index (χ0) is 12.5. The van der Waals surface area contributed by atoms with Crippen molar-refractivity contribution in [2.45, 2.75) is 58.9 Å². The van der Waals surface area contributed by atoms with Gasteiger partial charge >= 0.3 is 0 Å². The Labute approximate surface area is 106 Å². The molecule has 0 radical (unpaired) electrons. The number of hydrogen-bond donors (Lipinski definition) is 2. The first-order valence-corrected chi connectivity index (χ1v) is 7.36. The molecule has 0 aromatic heterocycles. The first-order chi connectivity index (χ1) is 8.02. The van der Waals surface area contributed by atoms with Crippen LogP contribution in [-0.4, -0.2) is 24.3 Å². The van der Waals surface area contributed by atoms with E-state index < -0.39 is 0 Å². The van der Waals surface area contributed by atoms with E-state index in [4.69, 9.17) is 0 Å². The van der Waals surface area contributed by atoms with Crippen LogP contribution in [0, 0.1) is 23.2 Å². The lowest BCUT2D eigenvalue weighted by atomic mass is 9.91. The van der Waals surface area contributed by atoms with Crippen molar-refractivity contribution < 1.29 is 5.11 Å². The summed E-state index contributed by atoms with van der Waals surface area (Å²) in [5.74, 6) is 2.09. The molecule has 0 amide bonds. The van der Waals surface area contributed by atoms with Crippen molar-refractivity contribution in [2.75, 3.05) is 13.2 Å². The molecule has 2 nitrogen and oxygen atoms in total. The molecule has 2 heteroatoms. The summed E-state index contributed by atoms with van der Waals surface area (Å²) in [7, 11) is 0. The van der Waals surface area contributed by atoms with E-state index in [1.807, 2.05) is 0 Å². The molecular weight excluding hydrogens is 210 g/mol. The maximum Gasteiger partial charge on any atom is 0.0462 e. The molecule has 0 aromatic carbocycles. The molecule has 2 aliphatic rings. The Bertz CT molecular complexity index is 251. The van der Waals surface area contributed by atoms with Crippen LogP contribution in [0.4, 0.5) is 0 Å². The summed E-state index contributed by atoms with van der Waals surface area (Å²) >= 11 is 0. The minimum Gasteiger partial charge on any atom is -0.396 e. The molecule has 4 unspecified atom stereocenters. The Hall–Kier alpha value is -0.0800.